The molecular weight excluding hydrogens is 138 g/mol. The summed E-state index contributed by atoms with van der Waals surface area (Å²) < 4.78 is 1.85. The zero-order chi connectivity index (χ0) is 7.68. The molecule has 54 valence electrons. The molecule has 2 heterocycles. The van der Waals surface area contributed by atoms with E-state index in [1.807, 2.05) is 16.7 Å². The third-order valence-electron chi connectivity index (χ3n) is 1.52. The summed E-state index contributed by atoms with van der Waals surface area (Å²) in [7, 11) is 0. The van der Waals surface area contributed by atoms with Crippen LogP contribution in [0.15, 0.2) is 31.4 Å². The molecule has 0 saturated heterocycles. The molecule has 0 fully saturated rings. The summed E-state index contributed by atoms with van der Waals surface area (Å²) >= 11 is 0. The zero-order valence-corrected chi connectivity index (χ0v) is 5.94. The van der Waals surface area contributed by atoms with Crippen LogP contribution >= 0.6 is 0 Å². The molecule has 2 rings (SSSR count). The van der Waals surface area contributed by atoms with Crippen LogP contribution in [0.3, 0.4) is 0 Å². The largest absolute Gasteiger partial charge is 0.290 e. The molecule has 0 amide bonds. The van der Waals surface area contributed by atoms with Gasteiger partial charge in [-0.15, -0.1) is 0 Å². The Hall–Kier alpha value is -1.64. The van der Waals surface area contributed by atoms with Gasteiger partial charge >= 0.3 is 0 Å². The minimum absolute atomic E-state index is 0.851. The van der Waals surface area contributed by atoms with E-state index >= 15 is 0 Å². The predicted octanol–water partition coefficient (Wildman–Crippen LogP) is 1.37. The maximum Gasteiger partial charge on any atom is 0.140 e. The minimum Gasteiger partial charge on any atom is -0.290 e. The van der Waals surface area contributed by atoms with E-state index in [2.05, 4.69) is 16.5 Å². The van der Waals surface area contributed by atoms with Crippen LogP contribution in [0, 0.1) is 0 Å². The lowest BCUT2D eigenvalue weighted by molar-refractivity contribution is 1.08. The number of hydrogen-bond donors (Lipinski definition) is 0. The van der Waals surface area contributed by atoms with Gasteiger partial charge in [0.05, 0.1) is 5.69 Å². The average Bonchev–Trinajstić information content (AvgIpc) is 2.50. The van der Waals surface area contributed by atoms with E-state index in [1.165, 1.54) is 0 Å². The van der Waals surface area contributed by atoms with Crippen LogP contribution in [-0.4, -0.2) is 14.4 Å². The van der Waals surface area contributed by atoms with Gasteiger partial charge < -0.3 is 0 Å². The molecule has 3 heteroatoms. The number of aromatic nitrogens is 3. The van der Waals surface area contributed by atoms with Gasteiger partial charge in [-0.05, 0) is 6.08 Å². The monoisotopic (exact) mass is 145 g/mol. The Morgan fingerprint density at radius 1 is 1.45 bits per heavy atom. The van der Waals surface area contributed by atoms with Crippen molar-refractivity contribution in [1.82, 2.24) is 14.4 Å². The molecule has 3 nitrogen and oxygen atoms in total. The molecule has 2 aromatic rings. The Bertz CT molecular complexity index is 389. The van der Waals surface area contributed by atoms with E-state index in [0.717, 1.165) is 11.3 Å². The highest BCUT2D eigenvalue weighted by Crippen LogP contribution is 2.01. The summed E-state index contributed by atoms with van der Waals surface area (Å²) in [5, 5.41) is 0. The summed E-state index contributed by atoms with van der Waals surface area (Å²) in [6.07, 6.45) is 7.02. The molecule has 0 unspecified atom stereocenters. The Kier molecular flexibility index (Phi) is 1.22. The number of imidazole rings is 1. The fourth-order valence-electron chi connectivity index (χ4n) is 0.944. The zero-order valence-electron chi connectivity index (χ0n) is 5.94. The van der Waals surface area contributed by atoms with Crippen molar-refractivity contribution in [3.63, 3.8) is 0 Å². The molecular formula is C8H7N3. The van der Waals surface area contributed by atoms with Crippen molar-refractivity contribution in [2.75, 3.05) is 0 Å². The molecule has 0 aromatic carbocycles. The maximum absolute atomic E-state index is 4.10. The van der Waals surface area contributed by atoms with Crippen molar-refractivity contribution >= 4 is 11.7 Å². The average molecular weight is 145 g/mol. The third kappa shape index (κ3) is 0.902. The summed E-state index contributed by atoms with van der Waals surface area (Å²) in [4.78, 5) is 8.20. The van der Waals surface area contributed by atoms with E-state index in [-0.39, 0.29) is 0 Å². The first kappa shape index (κ1) is 6.09. The fourth-order valence-corrected chi connectivity index (χ4v) is 0.944. The fraction of sp³-hybridized carbons (Fsp3) is 0. The van der Waals surface area contributed by atoms with Gasteiger partial charge in [-0.25, -0.2) is 9.97 Å². The number of hydrogen-bond acceptors (Lipinski definition) is 2. The van der Waals surface area contributed by atoms with Crippen molar-refractivity contribution in [2.45, 2.75) is 0 Å². The molecule has 0 atom stereocenters. The summed E-state index contributed by atoms with van der Waals surface area (Å²) in [6, 6.07) is 1.88. The van der Waals surface area contributed by atoms with Gasteiger partial charge in [0.25, 0.3) is 0 Å². The van der Waals surface area contributed by atoms with Crippen LogP contribution in [0.5, 0.6) is 0 Å². The van der Waals surface area contributed by atoms with Crippen LogP contribution in [0.2, 0.25) is 0 Å². The lowest BCUT2D eigenvalue weighted by Gasteiger charge is -1.92. The van der Waals surface area contributed by atoms with Crippen LogP contribution in [0.4, 0.5) is 0 Å². The molecule has 0 aliphatic carbocycles. The van der Waals surface area contributed by atoms with E-state index in [9.17, 15) is 0 Å². The Labute approximate surface area is 64.0 Å². The van der Waals surface area contributed by atoms with Crippen molar-refractivity contribution in [2.24, 2.45) is 0 Å². The first-order chi connectivity index (χ1) is 5.40. The van der Waals surface area contributed by atoms with Crippen molar-refractivity contribution in [1.29, 1.82) is 0 Å². The molecule has 0 bridgehead atoms. The molecule has 0 saturated carbocycles. The smallest absolute Gasteiger partial charge is 0.140 e. The van der Waals surface area contributed by atoms with Crippen LogP contribution in [0.25, 0.3) is 11.7 Å². The van der Waals surface area contributed by atoms with Gasteiger partial charge in [0, 0.05) is 18.5 Å². The second-order valence-electron chi connectivity index (χ2n) is 2.21. The Morgan fingerprint density at radius 2 is 2.36 bits per heavy atom. The van der Waals surface area contributed by atoms with E-state index in [4.69, 9.17) is 0 Å². The van der Waals surface area contributed by atoms with Crippen LogP contribution in [-0.2, 0) is 0 Å². The topological polar surface area (TPSA) is 30.2 Å². The van der Waals surface area contributed by atoms with Gasteiger partial charge in [0.2, 0.25) is 0 Å². The lowest BCUT2D eigenvalue weighted by Crippen LogP contribution is -1.87. The van der Waals surface area contributed by atoms with Gasteiger partial charge in [0.15, 0.2) is 0 Å². The standard InChI is InChI=1S/C8H7N3/c1-2-7-5-8-9-3-4-11(8)6-10-7/h2-6H,1H2. The number of nitrogens with zero attached hydrogens (tertiary/aromatic N) is 3. The maximum atomic E-state index is 4.10. The molecule has 2 aromatic heterocycles. The molecule has 0 N–H and O–H groups in total. The predicted molar refractivity (Wildman–Crippen MR) is 43.1 cm³/mol. The van der Waals surface area contributed by atoms with Gasteiger partial charge in [-0.3, -0.25) is 4.40 Å². The lowest BCUT2D eigenvalue weighted by atomic mass is 10.4. The van der Waals surface area contributed by atoms with Gasteiger partial charge in [-0.1, -0.05) is 6.58 Å². The Balaban J connectivity index is 2.76. The highest BCUT2D eigenvalue weighted by molar-refractivity contribution is 5.49. The van der Waals surface area contributed by atoms with E-state index < -0.39 is 0 Å². The molecule has 11 heavy (non-hydrogen) atoms. The summed E-state index contributed by atoms with van der Waals surface area (Å²) in [5.41, 5.74) is 1.75. The normalized spacial score (nSPS) is 10.2. The summed E-state index contributed by atoms with van der Waals surface area (Å²) in [5.74, 6) is 0. The second-order valence-corrected chi connectivity index (χ2v) is 2.21. The SMILES string of the molecule is C=Cc1cc2nccn2cn1. The molecule has 0 radical (unpaired) electrons. The quantitative estimate of drug-likeness (QED) is 0.606. The van der Waals surface area contributed by atoms with Crippen molar-refractivity contribution in [3.8, 4) is 0 Å². The van der Waals surface area contributed by atoms with Gasteiger partial charge in [0.1, 0.15) is 12.0 Å². The minimum atomic E-state index is 0.851. The molecule has 0 spiro atoms. The first-order valence-corrected chi connectivity index (χ1v) is 3.31. The highest BCUT2D eigenvalue weighted by Gasteiger charge is 1.92. The van der Waals surface area contributed by atoms with Crippen molar-refractivity contribution in [3.05, 3.63) is 37.1 Å². The van der Waals surface area contributed by atoms with Crippen molar-refractivity contribution < 1.29 is 0 Å². The molecule has 0 aliphatic heterocycles. The number of fused-ring (bicyclic) bond motifs is 1. The molecule has 0 aliphatic rings. The van der Waals surface area contributed by atoms with Gasteiger partial charge in [-0.2, -0.15) is 0 Å². The second kappa shape index (κ2) is 2.20. The van der Waals surface area contributed by atoms with Crippen LogP contribution < -0.4 is 0 Å². The Morgan fingerprint density at radius 3 is 3.18 bits per heavy atom. The summed E-state index contributed by atoms with van der Waals surface area (Å²) in [6.45, 7) is 3.62. The highest BCUT2D eigenvalue weighted by atomic mass is 15.0. The van der Waals surface area contributed by atoms with E-state index in [0.29, 0.717) is 0 Å². The number of rotatable bonds is 1. The van der Waals surface area contributed by atoms with Crippen LogP contribution in [0.1, 0.15) is 5.69 Å². The third-order valence-corrected chi connectivity index (χ3v) is 1.52. The van der Waals surface area contributed by atoms with E-state index in [1.54, 1.807) is 18.6 Å². The first-order valence-electron chi connectivity index (χ1n) is 3.31.